The highest BCUT2D eigenvalue weighted by Gasteiger charge is 2.80. The molecule has 0 aromatic heterocycles. The summed E-state index contributed by atoms with van der Waals surface area (Å²) in [6, 6.07) is -1.05. The van der Waals surface area contributed by atoms with E-state index < -0.39 is 52.9 Å². The molecule has 15 heteroatoms. The molecule has 0 bridgehead atoms. The molecule has 214 valence electrons. The summed E-state index contributed by atoms with van der Waals surface area (Å²) in [7, 11) is 0. The molecule has 0 amide bonds. The summed E-state index contributed by atoms with van der Waals surface area (Å²) in [4.78, 5) is -0.327. The number of hydrogen-bond acceptors (Lipinski definition) is 4. The third-order valence-corrected chi connectivity index (χ3v) is 7.09. The summed E-state index contributed by atoms with van der Waals surface area (Å²) in [6.45, 7) is 2.89. The number of benzene rings is 1. The average molecular weight is 585 g/mol. The van der Waals surface area contributed by atoms with Crippen LogP contribution < -0.4 is 4.90 Å². The first kappa shape index (κ1) is 30.5. The van der Waals surface area contributed by atoms with E-state index in [-0.39, 0.29) is 28.0 Å². The van der Waals surface area contributed by atoms with Crippen LogP contribution in [0, 0.1) is 5.41 Å². The first-order chi connectivity index (χ1) is 17.0. The minimum absolute atomic E-state index is 0.00490. The Bertz CT molecular complexity index is 1130. The number of ether oxygens (including phenoxy) is 2. The molecular weight excluding hydrogens is 563 g/mol. The third kappa shape index (κ3) is 5.01. The lowest BCUT2D eigenvalue weighted by molar-refractivity contribution is -0.519. The maximum atomic E-state index is 15.3. The lowest BCUT2D eigenvalue weighted by Gasteiger charge is -2.44. The van der Waals surface area contributed by atoms with E-state index >= 15 is 8.78 Å². The maximum absolute atomic E-state index is 15.3. The molecular formula is C23H22F11NO2S. The highest BCUT2D eigenvalue weighted by molar-refractivity contribution is 8.03. The van der Waals surface area contributed by atoms with Crippen molar-refractivity contribution in [3.63, 3.8) is 0 Å². The van der Waals surface area contributed by atoms with Crippen molar-refractivity contribution in [2.24, 2.45) is 5.41 Å². The Balaban J connectivity index is 2.00. The molecule has 1 aromatic carbocycles. The van der Waals surface area contributed by atoms with Crippen molar-refractivity contribution in [1.82, 2.24) is 0 Å². The van der Waals surface area contributed by atoms with Crippen molar-refractivity contribution in [2.75, 3.05) is 4.90 Å². The van der Waals surface area contributed by atoms with E-state index in [4.69, 9.17) is 0 Å². The van der Waals surface area contributed by atoms with Gasteiger partial charge >= 0.3 is 30.3 Å². The maximum Gasteiger partial charge on any atom is 0.445 e. The quantitative estimate of drug-likeness (QED) is 0.224. The fourth-order valence-corrected chi connectivity index (χ4v) is 4.39. The van der Waals surface area contributed by atoms with Gasteiger partial charge in [-0.2, -0.15) is 43.9 Å². The normalized spacial score (nSPS) is 19.3. The molecule has 0 fully saturated rings. The van der Waals surface area contributed by atoms with Crippen molar-refractivity contribution in [3.8, 4) is 0 Å². The minimum Gasteiger partial charge on any atom is -0.278 e. The zero-order valence-corrected chi connectivity index (χ0v) is 21.0. The number of thioether (sulfide) groups is 1. The summed E-state index contributed by atoms with van der Waals surface area (Å²) in [5.41, 5.74) is -3.13. The van der Waals surface area contributed by atoms with Crippen LogP contribution >= 0.6 is 11.8 Å². The highest BCUT2D eigenvalue weighted by atomic mass is 32.2. The SMILES string of the molecule is CC(C)(C)C(C)(F)OC(F)(F)C(F)(F)C(F)(F)OC(F)(F)C(F)(F)N1C2=CCCC=C2Sc2ccccc21. The second kappa shape index (κ2) is 9.29. The second-order valence-corrected chi connectivity index (χ2v) is 10.8. The molecule has 2 aliphatic rings. The standard InChI is InChI=1S/C23H22F11NO2S/c1-17(2,3)18(4,24)36-21(29,30)19(25,26)22(31,32)37-23(33,34)20(27,28)35-13-9-5-7-11-15(13)38-16-12-8-6-10-14(16)35/h5,7,9-12H,6,8H2,1-4H3. The minimum atomic E-state index is -7.02. The number of nitrogens with zero attached hydrogens (tertiary/aromatic N) is 1. The molecule has 1 heterocycles. The lowest BCUT2D eigenvalue weighted by atomic mass is 9.88. The first-order valence-electron chi connectivity index (χ1n) is 10.9. The Morgan fingerprint density at radius 3 is 1.82 bits per heavy atom. The predicted octanol–water partition coefficient (Wildman–Crippen LogP) is 8.93. The van der Waals surface area contributed by atoms with E-state index in [0.717, 1.165) is 44.7 Å². The summed E-state index contributed by atoms with van der Waals surface area (Å²) in [5.74, 6) is -10.7. The molecule has 0 radical (unpaired) electrons. The summed E-state index contributed by atoms with van der Waals surface area (Å²) in [6.07, 6.45) is -17.0. The molecule has 38 heavy (non-hydrogen) atoms. The molecule has 3 nitrogen and oxygen atoms in total. The zero-order valence-electron chi connectivity index (χ0n) is 20.2. The van der Waals surface area contributed by atoms with Gasteiger partial charge in [-0.15, -0.1) is 0 Å². The molecule has 1 aliphatic heterocycles. The van der Waals surface area contributed by atoms with Gasteiger partial charge in [0.05, 0.1) is 11.4 Å². The lowest BCUT2D eigenvalue weighted by Crippen LogP contribution is -2.64. The van der Waals surface area contributed by atoms with Crippen LogP contribution in [0.25, 0.3) is 0 Å². The van der Waals surface area contributed by atoms with Crippen molar-refractivity contribution >= 4 is 17.4 Å². The fourth-order valence-electron chi connectivity index (χ4n) is 3.26. The highest BCUT2D eigenvalue weighted by Crippen LogP contribution is 2.57. The van der Waals surface area contributed by atoms with E-state index in [2.05, 4.69) is 9.47 Å². The molecule has 1 unspecified atom stereocenters. The van der Waals surface area contributed by atoms with E-state index in [1.165, 1.54) is 24.3 Å². The molecule has 0 N–H and O–H groups in total. The molecule has 0 spiro atoms. The van der Waals surface area contributed by atoms with E-state index in [1.54, 1.807) is 0 Å². The molecule has 0 saturated carbocycles. The number of para-hydroxylation sites is 1. The first-order valence-corrected chi connectivity index (χ1v) is 11.8. The number of halogens is 11. The second-order valence-electron chi connectivity index (χ2n) is 9.68. The van der Waals surface area contributed by atoms with Crippen LogP contribution in [0.5, 0.6) is 0 Å². The molecule has 1 aliphatic carbocycles. The van der Waals surface area contributed by atoms with Crippen LogP contribution in [0.4, 0.5) is 54.0 Å². The summed E-state index contributed by atoms with van der Waals surface area (Å²) in [5, 5.41) is 0. The van der Waals surface area contributed by atoms with Gasteiger partial charge in [-0.05, 0) is 31.9 Å². The monoisotopic (exact) mass is 585 g/mol. The van der Waals surface area contributed by atoms with Crippen molar-refractivity contribution in [2.45, 2.75) is 81.6 Å². The van der Waals surface area contributed by atoms with Crippen molar-refractivity contribution in [1.29, 1.82) is 0 Å². The molecule has 0 saturated heterocycles. The Kier molecular flexibility index (Phi) is 7.46. The average Bonchev–Trinajstić information content (AvgIpc) is 2.74. The van der Waals surface area contributed by atoms with Crippen LogP contribution in [0.3, 0.4) is 0 Å². The predicted molar refractivity (Wildman–Crippen MR) is 116 cm³/mol. The Morgan fingerprint density at radius 1 is 0.711 bits per heavy atom. The Hall–Kier alpha value is -2.00. The van der Waals surface area contributed by atoms with Crippen molar-refractivity contribution < 1.29 is 57.8 Å². The Morgan fingerprint density at radius 2 is 1.24 bits per heavy atom. The molecule has 1 aromatic rings. The number of allylic oxidation sites excluding steroid dienone is 2. The van der Waals surface area contributed by atoms with Crippen molar-refractivity contribution in [3.05, 3.63) is 47.0 Å². The van der Waals surface area contributed by atoms with Gasteiger partial charge in [-0.25, -0.2) is 9.13 Å². The van der Waals surface area contributed by atoms with E-state index in [0.29, 0.717) is 6.42 Å². The number of alkyl halides is 11. The number of rotatable bonds is 8. The third-order valence-electron chi connectivity index (χ3n) is 5.93. The summed E-state index contributed by atoms with van der Waals surface area (Å²) >= 11 is 0.912. The Labute approximate surface area is 214 Å². The van der Waals surface area contributed by atoms with Gasteiger partial charge in [0.1, 0.15) is 0 Å². The van der Waals surface area contributed by atoms with Gasteiger partial charge in [0.25, 0.3) is 0 Å². The van der Waals surface area contributed by atoms with E-state index in [9.17, 15) is 39.5 Å². The van der Waals surface area contributed by atoms with Crippen LogP contribution in [-0.2, 0) is 9.47 Å². The largest absolute Gasteiger partial charge is 0.445 e. The number of fused-ring (bicyclic) bond motifs is 2. The summed E-state index contributed by atoms with van der Waals surface area (Å²) < 4.78 is 166. The van der Waals surface area contributed by atoms with E-state index in [1.807, 2.05) is 0 Å². The van der Waals surface area contributed by atoms with Gasteiger partial charge in [0.2, 0.25) is 5.85 Å². The smallest absolute Gasteiger partial charge is 0.278 e. The number of hydrogen-bond donors (Lipinski definition) is 0. The van der Waals surface area contributed by atoms with Crippen LogP contribution in [0.2, 0.25) is 0 Å². The topological polar surface area (TPSA) is 21.7 Å². The van der Waals surface area contributed by atoms with Gasteiger partial charge in [0, 0.05) is 15.2 Å². The van der Waals surface area contributed by atoms with Crippen LogP contribution in [-0.4, -0.2) is 36.1 Å². The fraction of sp³-hybridized carbons (Fsp3) is 0.565. The van der Waals surface area contributed by atoms with Crippen LogP contribution in [0.15, 0.2) is 51.9 Å². The van der Waals surface area contributed by atoms with Gasteiger partial charge in [-0.3, -0.25) is 9.64 Å². The number of anilines is 1. The van der Waals surface area contributed by atoms with Crippen LogP contribution in [0.1, 0.15) is 40.5 Å². The molecule has 1 atom stereocenters. The van der Waals surface area contributed by atoms with Gasteiger partial charge in [-0.1, -0.05) is 56.8 Å². The molecule has 3 rings (SSSR count). The van der Waals surface area contributed by atoms with Gasteiger partial charge in [0.15, 0.2) is 0 Å². The van der Waals surface area contributed by atoms with Gasteiger partial charge < -0.3 is 0 Å². The zero-order chi connectivity index (χ0) is 29.2.